The highest BCUT2D eigenvalue weighted by Gasteiger charge is 2.09. The highest BCUT2D eigenvalue weighted by Crippen LogP contribution is 2.19. The van der Waals surface area contributed by atoms with Gasteiger partial charge in [0.15, 0.2) is 6.61 Å². The third-order valence-corrected chi connectivity index (χ3v) is 3.94. The van der Waals surface area contributed by atoms with Crippen molar-refractivity contribution in [3.63, 3.8) is 0 Å². The summed E-state index contributed by atoms with van der Waals surface area (Å²) in [5.41, 5.74) is 1.04. The third-order valence-electron chi connectivity index (χ3n) is 3.09. The van der Waals surface area contributed by atoms with Crippen LogP contribution in [-0.2, 0) is 28.1 Å². The molecule has 2 N–H and O–H groups in total. The average Bonchev–Trinajstić information content (AvgIpc) is 2.59. The van der Waals surface area contributed by atoms with Crippen LogP contribution in [0.1, 0.15) is 11.1 Å². The smallest absolute Gasteiger partial charge is 0.349 e. The van der Waals surface area contributed by atoms with Gasteiger partial charge in [0.25, 0.3) is 0 Å². The maximum Gasteiger partial charge on any atom is 0.349 e. The van der Waals surface area contributed by atoms with Gasteiger partial charge in [-0.25, -0.2) is 13.2 Å². The third kappa shape index (κ3) is 5.54. The molecule has 0 aromatic heterocycles. The van der Waals surface area contributed by atoms with Crippen LogP contribution in [0.2, 0.25) is 0 Å². The Morgan fingerprint density at radius 1 is 0.960 bits per heavy atom. The number of benzene rings is 2. The summed E-state index contributed by atoms with van der Waals surface area (Å²) in [6.07, 6.45) is 0. The molecule has 0 fully saturated rings. The standard InChI is InChI=1S/C16H16O8S/c17-8-11-5-12(9-18)7-14(6-11)23-10-16(19)24-13-1-3-15(4-2-13)25(20,21)22/h1-7,17-18H,8-10H2,(H,20,21,22)/p-1. The molecule has 0 heterocycles. The molecular weight excluding hydrogens is 352 g/mol. The van der Waals surface area contributed by atoms with Crippen LogP contribution in [0.3, 0.4) is 0 Å². The summed E-state index contributed by atoms with van der Waals surface area (Å²) in [5, 5.41) is 18.3. The van der Waals surface area contributed by atoms with Crippen molar-refractivity contribution in [3.8, 4) is 11.5 Å². The van der Waals surface area contributed by atoms with Gasteiger partial charge < -0.3 is 24.2 Å². The summed E-state index contributed by atoms with van der Waals surface area (Å²) >= 11 is 0. The molecule has 2 aromatic rings. The zero-order valence-electron chi connectivity index (χ0n) is 12.9. The number of hydrogen-bond donors (Lipinski definition) is 2. The van der Waals surface area contributed by atoms with E-state index in [0.717, 1.165) is 12.1 Å². The first-order valence-corrected chi connectivity index (χ1v) is 8.46. The molecule has 0 unspecified atom stereocenters. The van der Waals surface area contributed by atoms with Crippen molar-refractivity contribution in [1.82, 2.24) is 0 Å². The lowest BCUT2D eigenvalue weighted by atomic mass is 10.1. The van der Waals surface area contributed by atoms with E-state index in [1.807, 2.05) is 0 Å². The minimum Gasteiger partial charge on any atom is -0.744 e. The van der Waals surface area contributed by atoms with Crippen LogP contribution >= 0.6 is 0 Å². The van der Waals surface area contributed by atoms with Gasteiger partial charge in [-0.15, -0.1) is 0 Å². The number of hydrogen-bond acceptors (Lipinski definition) is 8. The van der Waals surface area contributed by atoms with E-state index < -0.39 is 27.6 Å². The Morgan fingerprint density at radius 2 is 1.52 bits per heavy atom. The van der Waals surface area contributed by atoms with Crippen molar-refractivity contribution < 1.29 is 37.5 Å². The second-order valence-corrected chi connectivity index (χ2v) is 6.37. The number of aliphatic hydroxyl groups is 2. The normalized spacial score (nSPS) is 11.2. The topological polar surface area (TPSA) is 133 Å². The highest BCUT2D eigenvalue weighted by molar-refractivity contribution is 7.85. The van der Waals surface area contributed by atoms with E-state index in [1.165, 1.54) is 24.3 Å². The Morgan fingerprint density at radius 3 is 2.00 bits per heavy atom. The van der Waals surface area contributed by atoms with E-state index in [4.69, 9.17) is 19.7 Å². The van der Waals surface area contributed by atoms with Gasteiger partial charge in [0.1, 0.15) is 21.6 Å². The Labute approximate surface area is 144 Å². The molecule has 0 aliphatic carbocycles. The molecule has 9 heteroatoms. The quantitative estimate of drug-likeness (QED) is 0.412. The summed E-state index contributed by atoms with van der Waals surface area (Å²) in [4.78, 5) is 11.3. The van der Waals surface area contributed by atoms with Crippen molar-refractivity contribution in [2.24, 2.45) is 0 Å². The highest BCUT2D eigenvalue weighted by atomic mass is 32.2. The summed E-state index contributed by atoms with van der Waals surface area (Å²) < 4.78 is 42.7. The summed E-state index contributed by atoms with van der Waals surface area (Å²) in [5.74, 6) is -0.417. The van der Waals surface area contributed by atoms with Crippen LogP contribution in [0.15, 0.2) is 47.4 Å². The largest absolute Gasteiger partial charge is 0.744 e. The molecule has 0 amide bonds. The van der Waals surface area contributed by atoms with E-state index in [9.17, 15) is 17.8 Å². The minimum absolute atomic E-state index is 0.0566. The predicted octanol–water partition coefficient (Wildman–Crippen LogP) is 0.560. The van der Waals surface area contributed by atoms with E-state index in [2.05, 4.69) is 0 Å². The lowest BCUT2D eigenvalue weighted by molar-refractivity contribution is -0.136. The molecule has 0 saturated heterocycles. The van der Waals surface area contributed by atoms with Crippen LogP contribution in [0.25, 0.3) is 0 Å². The van der Waals surface area contributed by atoms with Gasteiger partial charge in [-0.05, 0) is 47.5 Å². The monoisotopic (exact) mass is 367 g/mol. The fourth-order valence-electron chi connectivity index (χ4n) is 1.97. The maximum atomic E-state index is 11.8. The first-order chi connectivity index (χ1) is 11.8. The molecule has 0 bridgehead atoms. The fraction of sp³-hybridized carbons (Fsp3) is 0.188. The van der Waals surface area contributed by atoms with Gasteiger partial charge in [0, 0.05) is 0 Å². The summed E-state index contributed by atoms with van der Waals surface area (Å²) in [7, 11) is -4.56. The SMILES string of the molecule is O=C(COc1cc(CO)cc(CO)c1)Oc1ccc(S(=O)(=O)[O-])cc1. The van der Waals surface area contributed by atoms with Crippen LogP contribution in [0.5, 0.6) is 11.5 Å². The van der Waals surface area contributed by atoms with Crippen molar-refractivity contribution in [2.75, 3.05) is 6.61 Å². The Hall–Kier alpha value is -2.46. The minimum atomic E-state index is -4.56. The number of esters is 1. The molecule has 2 rings (SSSR count). The Kier molecular flexibility index (Phi) is 6.10. The molecule has 0 radical (unpaired) electrons. The Balaban J connectivity index is 1.97. The van der Waals surface area contributed by atoms with Gasteiger partial charge in [-0.1, -0.05) is 6.07 Å². The molecule has 0 spiro atoms. The average molecular weight is 367 g/mol. The second kappa shape index (κ2) is 8.08. The number of carbonyl (C=O) groups is 1. The van der Waals surface area contributed by atoms with Gasteiger partial charge in [0.05, 0.1) is 18.1 Å². The molecule has 8 nitrogen and oxygen atoms in total. The van der Waals surface area contributed by atoms with Gasteiger partial charge in [-0.2, -0.15) is 0 Å². The lowest BCUT2D eigenvalue weighted by Gasteiger charge is -2.10. The number of carbonyl (C=O) groups excluding carboxylic acids is 1. The zero-order valence-corrected chi connectivity index (χ0v) is 13.7. The van der Waals surface area contributed by atoms with Crippen molar-refractivity contribution in [3.05, 3.63) is 53.6 Å². The Bertz CT molecular complexity index is 821. The van der Waals surface area contributed by atoms with Gasteiger partial charge >= 0.3 is 5.97 Å². The molecule has 0 saturated carbocycles. The maximum absolute atomic E-state index is 11.8. The first-order valence-electron chi connectivity index (χ1n) is 7.06. The van der Waals surface area contributed by atoms with Crippen LogP contribution in [-0.4, -0.2) is 35.8 Å². The van der Waals surface area contributed by atoms with Crippen molar-refractivity contribution in [1.29, 1.82) is 0 Å². The molecule has 2 aromatic carbocycles. The number of ether oxygens (including phenoxy) is 2. The molecule has 25 heavy (non-hydrogen) atoms. The number of aliphatic hydroxyl groups excluding tert-OH is 2. The predicted molar refractivity (Wildman–Crippen MR) is 83.8 cm³/mol. The summed E-state index contributed by atoms with van der Waals surface area (Å²) in [6, 6.07) is 9.05. The van der Waals surface area contributed by atoms with Crippen LogP contribution < -0.4 is 9.47 Å². The fourth-order valence-corrected chi connectivity index (χ4v) is 2.44. The van der Waals surface area contributed by atoms with E-state index >= 15 is 0 Å². The van der Waals surface area contributed by atoms with Crippen molar-refractivity contribution >= 4 is 16.1 Å². The van der Waals surface area contributed by atoms with Crippen molar-refractivity contribution in [2.45, 2.75) is 18.1 Å². The van der Waals surface area contributed by atoms with E-state index in [-0.39, 0.29) is 24.7 Å². The molecule has 0 atom stereocenters. The molecule has 0 aliphatic heterocycles. The van der Waals surface area contributed by atoms with E-state index in [1.54, 1.807) is 6.07 Å². The molecular formula is C16H15O8S-. The van der Waals surface area contributed by atoms with Crippen LogP contribution in [0, 0.1) is 0 Å². The van der Waals surface area contributed by atoms with Gasteiger partial charge in [0.2, 0.25) is 0 Å². The van der Waals surface area contributed by atoms with Gasteiger partial charge in [-0.3, -0.25) is 0 Å². The summed E-state index contributed by atoms with van der Waals surface area (Å²) in [6.45, 7) is -0.936. The van der Waals surface area contributed by atoms with E-state index in [0.29, 0.717) is 11.1 Å². The lowest BCUT2D eigenvalue weighted by Crippen LogP contribution is -2.18. The molecule has 134 valence electrons. The first kappa shape index (κ1) is 18.9. The van der Waals surface area contributed by atoms with Crippen LogP contribution in [0.4, 0.5) is 0 Å². The zero-order chi connectivity index (χ0) is 18.4. The number of rotatable bonds is 7. The molecule has 0 aliphatic rings. The second-order valence-electron chi connectivity index (χ2n) is 4.99.